The monoisotopic (exact) mass is 507 g/mol. The van der Waals surface area contributed by atoms with Gasteiger partial charge < -0.3 is 14.2 Å². The lowest BCUT2D eigenvalue weighted by Crippen LogP contribution is -2.38. The molecule has 6 nitrogen and oxygen atoms in total. The van der Waals surface area contributed by atoms with Crippen LogP contribution in [0.3, 0.4) is 0 Å². The highest BCUT2D eigenvalue weighted by molar-refractivity contribution is 5.78. The van der Waals surface area contributed by atoms with Gasteiger partial charge in [-0.3, -0.25) is 4.79 Å². The van der Waals surface area contributed by atoms with Gasteiger partial charge >= 0.3 is 6.18 Å². The number of hydrogen-bond acceptors (Lipinski definition) is 5. The van der Waals surface area contributed by atoms with Gasteiger partial charge in [-0.2, -0.15) is 18.2 Å². The summed E-state index contributed by atoms with van der Waals surface area (Å²) in [6.07, 6.45) is -1.12. The maximum atomic E-state index is 12.8. The Morgan fingerprint density at radius 3 is 2.00 bits per heavy atom. The van der Waals surface area contributed by atoms with Crippen LogP contribution < -0.4 is 4.74 Å². The second-order valence-corrected chi connectivity index (χ2v) is 8.83. The molecule has 0 N–H and O–H groups in total. The Morgan fingerprint density at radius 1 is 0.811 bits per heavy atom. The number of benzene rings is 3. The van der Waals surface area contributed by atoms with Crippen molar-refractivity contribution in [1.29, 1.82) is 0 Å². The molecule has 2 heterocycles. The molecule has 1 aromatic heterocycles. The maximum absolute atomic E-state index is 12.8. The van der Waals surface area contributed by atoms with E-state index in [0.717, 1.165) is 50.0 Å². The number of aromatic nitrogens is 2. The van der Waals surface area contributed by atoms with Crippen LogP contribution in [0.5, 0.6) is 5.75 Å². The fourth-order valence-electron chi connectivity index (χ4n) is 4.19. The minimum Gasteiger partial charge on any atom is -0.484 e. The summed E-state index contributed by atoms with van der Waals surface area (Å²) >= 11 is 0. The molecule has 0 bridgehead atoms. The summed E-state index contributed by atoms with van der Waals surface area (Å²) in [5, 5.41) is 4.05. The third-order valence-corrected chi connectivity index (χ3v) is 6.29. The highest BCUT2D eigenvalue weighted by Crippen LogP contribution is 2.32. The topological polar surface area (TPSA) is 68.5 Å². The predicted molar refractivity (Wildman–Crippen MR) is 132 cm³/mol. The first-order valence-electron chi connectivity index (χ1n) is 12.0. The Balaban J connectivity index is 1.21. The first kappa shape index (κ1) is 24.5. The number of piperidine rings is 1. The van der Waals surface area contributed by atoms with Gasteiger partial charge in [-0.05, 0) is 66.8 Å². The molecule has 37 heavy (non-hydrogen) atoms. The van der Waals surface area contributed by atoms with Gasteiger partial charge in [0, 0.05) is 24.2 Å². The Morgan fingerprint density at radius 2 is 1.38 bits per heavy atom. The number of amides is 1. The summed E-state index contributed by atoms with van der Waals surface area (Å²) in [4.78, 5) is 18.6. The number of carbonyl (C=O) groups excluding carboxylic acids is 1. The number of alkyl halides is 3. The Kier molecular flexibility index (Phi) is 6.94. The predicted octanol–water partition coefficient (Wildman–Crippen LogP) is 6.48. The molecule has 0 unspecified atom stereocenters. The van der Waals surface area contributed by atoms with Gasteiger partial charge in [0.05, 0.1) is 5.56 Å². The second-order valence-electron chi connectivity index (χ2n) is 8.83. The van der Waals surface area contributed by atoms with Gasteiger partial charge in [0.25, 0.3) is 11.8 Å². The lowest BCUT2D eigenvalue weighted by molar-refractivity contribution is -0.137. The van der Waals surface area contributed by atoms with Crippen molar-refractivity contribution in [3.63, 3.8) is 0 Å². The molecule has 190 valence electrons. The number of carbonyl (C=O) groups is 1. The molecule has 1 aliphatic heterocycles. The summed E-state index contributed by atoms with van der Waals surface area (Å²) in [6.45, 7) is 1.59. The number of likely N-dealkylation sites (tertiary alicyclic amines) is 1. The molecule has 1 amide bonds. The summed E-state index contributed by atoms with van der Waals surface area (Å²) < 4.78 is 49.4. The van der Waals surface area contributed by atoms with E-state index in [2.05, 4.69) is 10.1 Å². The van der Waals surface area contributed by atoms with Crippen molar-refractivity contribution in [2.75, 3.05) is 19.7 Å². The maximum Gasteiger partial charge on any atom is 0.416 e. The largest absolute Gasteiger partial charge is 0.484 e. The smallest absolute Gasteiger partial charge is 0.416 e. The van der Waals surface area contributed by atoms with Crippen molar-refractivity contribution in [2.45, 2.75) is 25.4 Å². The highest BCUT2D eigenvalue weighted by atomic mass is 19.4. The van der Waals surface area contributed by atoms with Crippen molar-refractivity contribution >= 4 is 5.91 Å². The Labute approximate surface area is 211 Å². The van der Waals surface area contributed by atoms with Crippen LogP contribution in [-0.2, 0) is 11.0 Å². The highest BCUT2D eigenvalue weighted by Gasteiger charge is 2.30. The van der Waals surface area contributed by atoms with E-state index in [9.17, 15) is 18.0 Å². The quantitative estimate of drug-likeness (QED) is 0.299. The molecule has 1 aliphatic rings. The second kappa shape index (κ2) is 10.5. The number of halogens is 3. The summed E-state index contributed by atoms with van der Waals surface area (Å²) in [6, 6.07) is 19.3. The SMILES string of the molecule is O=C(COc1ccc(-c2nc(-c3ccc(-c4ccc(C(F)(F)F)cc4)cc3)no2)cc1)N1CCCCC1. The molecular formula is C28H24F3N3O3. The van der Waals surface area contributed by atoms with Gasteiger partial charge in [-0.1, -0.05) is 41.6 Å². The molecule has 0 atom stereocenters. The van der Waals surface area contributed by atoms with E-state index in [0.29, 0.717) is 34.2 Å². The number of rotatable bonds is 6. The van der Waals surface area contributed by atoms with Gasteiger partial charge in [0.15, 0.2) is 6.61 Å². The zero-order valence-corrected chi connectivity index (χ0v) is 19.9. The number of hydrogen-bond donors (Lipinski definition) is 0. The minimum atomic E-state index is -4.36. The third kappa shape index (κ3) is 5.82. The third-order valence-electron chi connectivity index (χ3n) is 6.29. The van der Waals surface area contributed by atoms with Crippen molar-refractivity contribution in [3.8, 4) is 39.7 Å². The average Bonchev–Trinajstić information content (AvgIpc) is 3.43. The average molecular weight is 508 g/mol. The van der Waals surface area contributed by atoms with Crippen LogP contribution in [-0.4, -0.2) is 40.6 Å². The molecule has 3 aromatic carbocycles. The van der Waals surface area contributed by atoms with Crippen molar-refractivity contribution in [3.05, 3.63) is 78.4 Å². The van der Waals surface area contributed by atoms with Crippen LogP contribution in [0.2, 0.25) is 0 Å². The van der Waals surface area contributed by atoms with E-state index in [-0.39, 0.29) is 12.5 Å². The summed E-state index contributed by atoms with van der Waals surface area (Å²) in [7, 11) is 0. The molecule has 4 aromatic rings. The molecule has 1 fully saturated rings. The molecular weight excluding hydrogens is 483 g/mol. The van der Waals surface area contributed by atoms with Crippen LogP contribution >= 0.6 is 0 Å². The van der Waals surface area contributed by atoms with Crippen molar-refractivity contribution in [1.82, 2.24) is 15.0 Å². The van der Waals surface area contributed by atoms with E-state index in [1.807, 2.05) is 4.90 Å². The van der Waals surface area contributed by atoms with E-state index in [1.54, 1.807) is 48.5 Å². The van der Waals surface area contributed by atoms with Crippen LogP contribution in [0, 0.1) is 0 Å². The van der Waals surface area contributed by atoms with E-state index < -0.39 is 11.7 Å². The molecule has 0 spiro atoms. The Bertz CT molecular complexity index is 1340. The Hall–Kier alpha value is -4.14. The molecule has 1 saturated heterocycles. The minimum absolute atomic E-state index is 0.00494. The van der Waals surface area contributed by atoms with E-state index in [4.69, 9.17) is 9.26 Å². The normalized spacial score (nSPS) is 14.0. The van der Waals surface area contributed by atoms with Crippen LogP contribution in [0.1, 0.15) is 24.8 Å². The molecule has 9 heteroatoms. The molecule has 0 aliphatic carbocycles. The number of ether oxygens (including phenoxy) is 1. The van der Waals surface area contributed by atoms with E-state index >= 15 is 0 Å². The molecule has 0 saturated carbocycles. The van der Waals surface area contributed by atoms with Gasteiger partial charge in [0.2, 0.25) is 5.82 Å². The lowest BCUT2D eigenvalue weighted by atomic mass is 10.0. The lowest BCUT2D eigenvalue weighted by Gasteiger charge is -2.26. The zero-order chi connectivity index (χ0) is 25.8. The fourth-order valence-corrected chi connectivity index (χ4v) is 4.19. The van der Waals surface area contributed by atoms with Crippen LogP contribution in [0.4, 0.5) is 13.2 Å². The first-order chi connectivity index (χ1) is 17.9. The van der Waals surface area contributed by atoms with Crippen molar-refractivity contribution < 1.29 is 27.2 Å². The first-order valence-corrected chi connectivity index (χ1v) is 12.0. The zero-order valence-electron chi connectivity index (χ0n) is 19.9. The molecule has 0 radical (unpaired) electrons. The summed E-state index contributed by atoms with van der Waals surface area (Å²) in [5.41, 5.74) is 2.18. The van der Waals surface area contributed by atoms with Crippen molar-refractivity contribution in [2.24, 2.45) is 0 Å². The van der Waals surface area contributed by atoms with Crippen LogP contribution in [0.25, 0.3) is 34.0 Å². The standard InChI is InChI=1S/C28H24F3N3O3/c29-28(30,31)23-12-8-20(9-13-23)19-4-6-21(7-5-19)26-32-27(37-33-26)22-10-14-24(15-11-22)36-18-25(35)34-16-2-1-3-17-34/h4-15H,1-3,16-18H2. The van der Waals surface area contributed by atoms with Gasteiger partial charge in [0.1, 0.15) is 5.75 Å². The van der Waals surface area contributed by atoms with Gasteiger partial charge in [-0.15, -0.1) is 0 Å². The summed E-state index contributed by atoms with van der Waals surface area (Å²) in [5.74, 6) is 1.29. The fraction of sp³-hybridized carbons (Fsp3) is 0.250. The number of nitrogens with zero attached hydrogens (tertiary/aromatic N) is 3. The van der Waals surface area contributed by atoms with Crippen LogP contribution in [0.15, 0.2) is 77.3 Å². The van der Waals surface area contributed by atoms with E-state index in [1.165, 1.54) is 12.1 Å². The van der Waals surface area contributed by atoms with Gasteiger partial charge in [-0.25, -0.2) is 0 Å². The molecule has 5 rings (SSSR count).